The van der Waals surface area contributed by atoms with E-state index in [1.54, 1.807) is 0 Å². The number of carbonyl (C=O) groups is 1. The Morgan fingerprint density at radius 3 is 3.12 bits per heavy atom. The van der Waals surface area contributed by atoms with Crippen molar-refractivity contribution in [2.75, 3.05) is 6.54 Å². The molecule has 1 aromatic heterocycles. The van der Waals surface area contributed by atoms with Gasteiger partial charge in [-0.2, -0.15) is 5.10 Å². The summed E-state index contributed by atoms with van der Waals surface area (Å²) in [5.74, 6) is 0.528. The lowest BCUT2D eigenvalue weighted by Gasteiger charge is -2.10. The first-order chi connectivity index (χ1) is 8.25. The van der Waals surface area contributed by atoms with Crippen LogP contribution in [0.5, 0.6) is 0 Å². The highest BCUT2D eigenvalue weighted by molar-refractivity contribution is 5.94. The Hall–Kier alpha value is -1.36. The zero-order chi connectivity index (χ0) is 11.8. The molecule has 1 heterocycles. The highest BCUT2D eigenvalue weighted by atomic mass is 16.1. The number of fused-ring (bicyclic) bond motifs is 1. The molecule has 5 heteroatoms. The van der Waals surface area contributed by atoms with Crippen LogP contribution in [0.15, 0.2) is 0 Å². The summed E-state index contributed by atoms with van der Waals surface area (Å²) in [6.45, 7) is 0.561. The minimum atomic E-state index is -0.0829. The van der Waals surface area contributed by atoms with E-state index in [0.717, 1.165) is 30.5 Å². The van der Waals surface area contributed by atoms with Crippen molar-refractivity contribution in [3.05, 3.63) is 17.0 Å². The Morgan fingerprint density at radius 1 is 1.53 bits per heavy atom. The van der Waals surface area contributed by atoms with Crippen LogP contribution in [0.2, 0.25) is 0 Å². The normalized spacial score (nSPS) is 20.1. The van der Waals surface area contributed by atoms with Crippen LogP contribution in [0.25, 0.3) is 0 Å². The first kappa shape index (κ1) is 10.8. The maximum Gasteiger partial charge on any atom is 0.272 e. The quantitative estimate of drug-likeness (QED) is 0.703. The summed E-state index contributed by atoms with van der Waals surface area (Å²) in [5, 5.41) is 9.94. The van der Waals surface area contributed by atoms with Gasteiger partial charge in [0.25, 0.3) is 5.91 Å². The van der Waals surface area contributed by atoms with Crippen LogP contribution in [0.3, 0.4) is 0 Å². The topological polar surface area (TPSA) is 83.8 Å². The van der Waals surface area contributed by atoms with Crippen molar-refractivity contribution < 1.29 is 4.79 Å². The van der Waals surface area contributed by atoms with Crippen molar-refractivity contribution in [1.29, 1.82) is 0 Å². The number of aromatic amines is 1. The van der Waals surface area contributed by atoms with E-state index in [0.29, 0.717) is 18.2 Å². The smallest absolute Gasteiger partial charge is 0.272 e. The van der Waals surface area contributed by atoms with Gasteiger partial charge >= 0.3 is 0 Å². The van der Waals surface area contributed by atoms with E-state index in [1.165, 1.54) is 12.8 Å². The second-order valence-corrected chi connectivity index (χ2v) is 5.09. The number of rotatable bonds is 4. The van der Waals surface area contributed by atoms with Crippen molar-refractivity contribution in [2.24, 2.45) is 11.7 Å². The van der Waals surface area contributed by atoms with Gasteiger partial charge in [0.05, 0.1) is 0 Å². The predicted octanol–water partition coefficient (Wildman–Crippen LogP) is 0.365. The lowest BCUT2D eigenvalue weighted by molar-refractivity contribution is 0.0944. The van der Waals surface area contributed by atoms with Crippen molar-refractivity contribution >= 4 is 5.91 Å². The van der Waals surface area contributed by atoms with Gasteiger partial charge in [-0.15, -0.1) is 0 Å². The number of nitrogens with zero attached hydrogens (tertiary/aromatic N) is 1. The maximum absolute atomic E-state index is 12.0. The van der Waals surface area contributed by atoms with E-state index in [9.17, 15) is 4.79 Å². The molecule has 0 aliphatic heterocycles. The highest BCUT2D eigenvalue weighted by Crippen LogP contribution is 2.31. The Kier molecular flexibility index (Phi) is 2.63. The molecular weight excluding hydrogens is 216 g/mol. The number of aryl methyl sites for hydroxylation is 1. The molecule has 0 radical (unpaired) electrons. The third kappa shape index (κ3) is 2.07. The Labute approximate surface area is 100 Å². The molecule has 1 saturated carbocycles. The van der Waals surface area contributed by atoms with E-state index >= 15 is 0 Å². The molecule has 1 amide bonds. The summed E-state index contributed by atoms with van der Waals surface area (Å²) in [6.07, 6.45) is 5.50. The Balaban J connectivity index is 1.61. The Morgan fingerprint density at radius 2 is 2.35 bits per heavy atom. The van der Waals surface area contributed by atoms with Crippen molar-refractivity contribution in [3.8, 4) is 0 Å². The molecule has 2 aliphatic rings. The molecule has 5 nitrogen and oxygen atoms in total. The molecule has 92 valence electrons. The minimum Gasteiger partial charge on any atom is -0.349 e. The average Bonchev–Trinajstić information content (AvgIpc) is 2.93. The summed E-state index contributed by atoms with van der Waals surface area (Å²) in [6, 6.07) is 0.103. The van der Waals surface area contributed by atoms with E-state index in [2.05, 4.69) is 15.5 Å². The summed E-state index contributed by atoms with van der Waals surface area (Å²) in [7, 11) is 0. The van der Waals surface area contributed by atoms with Gasteiger partial charge in [0.15, 0.2) is 5.69 Å². The lowest BCUT2D eigenvalue weighted by Crippen LogP contribution is -2.38. The highest BCUT2D eigenvalue weighted by Gasteiger charge is 2.29. The standard InChI is InChI=1S/C12H18N4O/c13-9(7-4-5-7)6-14-12(17)11-8-2-1-3-10(8)15-16-11/h7,9H,1-6,13H2,(H,14,17)(H,15,16). The van der Waals surface area contributed by atoms with Crippen LogP contribution in [0.4, 0.5) is 0 Å². The predicted molar refractivity (Wildman–Crippen MR) is 63.6 cm³/mol. The maximum atomic E-state index is 12.0. The number of nitrogens with two attached hydrogens (primary N) is 1. The van der Waals surface area contributed by atoms with Crippen molar-refractivity contribution in [2.45, 2.75) is 38.1 Å². The fourth-order valence-electron chi connectivity index (χ4n) is 2.49. The number of hydrogen-bond acceptors (Lipinski definition) is 3. The zero-order valence-corrected chi connectivity index (χ0v) is 9.83. The van der Waals surface area contributed by atoms with Crippen LogP contribution in [-0.2, 0) is 12.8 Å². The molecule has 1 fully saturated rings. The van der Waals surface area contributed by atoms with E-state index < -0.39 is 0 Å². The molecule has 17 heavy (non-hydrogen) atoms. The molecule has 0 aromatic carbocycles. The third-order valence-corrected chi connectivity index (χ3v) is 3.75. The van der Waals surface area contributed by atoms with Crippen LogP contribution >= 0.6 is 0 Å². The van der Waals surface area contributed by atoms with Crippen LogP contribution in [-0.4, -0.2) is 28.7 Å². The van der Waals surface area contributed by atoms with E-state index in [1.807, 2.05) is 0 Å². The summed E-state index contributed by atoms with van der Waals surface area (Å²) >= 11 is 0. The second kappa shape index (κ2) is 4.14. The first-order valence-corrected chi connectivity index (χ1v) is 6.35. The molecule has 2 aliphatic carbocycles. The van der Waals surface area contributed by atoms with Crippen molar-refractivity contribution in [3.63, 3.8) is 0 Å². The van der Waals surface area contributed by atoms with Gasteiger partial charge in [-0.25, -0.2) is 0 Å². The number of carbonyl (C=O) groups excluding carboxylic acids is 1. The number of H-pyrrole nitrogens is 1. The number of nitrogens with one attached hydrogen (secondary N) is 2. The number of amides is 1. The summed E-state index contributed by atoms with van der Waals surface area (Å²) in [5.41, 5.74) is 8.75. The molecule has 4 N–H and O–H groups in total. The van der Waals surface area contributed by atoms with Crippen LogP contribution < -0.4 is 11.1 Å². The minimum absolute atomic E-state index is 0.0829. The zero-order valence-electron chi connectivity index (χ0n) is 9.83. The monoisotopic (exact) mass is 234 g/mol. The summed E-state index contributed by atoms with van der Waals surface area (Å²) < 4.78 is 0. The molecule has 0 bridgehead atoms. The van der Waals surface area contributed by atoms with Gasteiger partial charge in [0.2, 0.25) is 0 Å². The second-order valence-electron chi connectivity index (χ2n) is 5.09. The van der Waals surface area contributed by atoms with Gasteiger partial charge in [-0.1, -0.05) is 0 Å². The average molecular weight is 234 g/mol. The van der Waals surface area contributed by atoms with Crippen LogP contribution in [0, 0.1) is 5.92 Å². The molecule has 1 atom stereocenters. The molecular formula is C12H18N4O. The van der Waals surface area contributed by atoms with Crippen LogP contribution in [0.1, 0.15) is 41.0 Å². The first-order valence-electron chi connectivity index (χ1n) is 6.35. The summed E-state index contributed by atoms with van der Waals surface area (Å²) in [4.78, 5) is 12.0. The number of aromatic nitrogens is 2. The molecule has 1 aromatic rings. The molecule has 1 unspecified atom stereocenters. The molecule has 0 saturated heterocycles. The molecule has 3 rings (SSSR count). The van der Waals surface area contributed by atoms with Gasteiger partial charge in [0.1, 0.15) is 0 Å². The largest absolute Gasteiger partial charge is 0.349 e. The van der Waals surface area contributed by atoms with Gasteiger partial charge in [0, 0.05) is 23.8 Å². The van der Waals surface area contributed by atoms with E-state index in [-0.39, 0.29) is 11.9 Å². The fraction of sp³-hybridized carbons (Fsp3) is 0.667. The van der Waals surface area contributed by atoms with Gasteiger partial charge < -0.3 is 11.1 Å². The van der Waals surface area contributed by atoms with E-state index in [4.69, 9.17) is 5.73 Å². The van der Waals surface area contributed by atoms with Gasteiger partial charge in [-0.3, -0.25) is 9.89 Å². The third-order valence-electron chi connectivity index (χ3n) is 3.75. The molecule has 0 spiro atoms. The SMILES string of the molecule is NC(CNC(=O)c1n[nH]c2c1CCC2)C1CC1. The lowest BCUT2D eigenvalue weighted by atomic mass is 10.1. The number of hydrogen-bond donors (Lipinski definition) is 3. The fourth-order valence-corrected chi connectivity index (χ4v) is 2.49. The van der Waals surface area contributed by atoms with Crippen molar-refractivity contribution in [1.82, 2.24) is 15.5 Å². The van der Waals surface area contributed by atoms with Gasteiger partial charge in [-0.05, 0) is 38.0 Å². The Bertz CT molecular complexity index is 436.